The molecule has 0 spiro atoms. The van der Waals surface area contributed by atoms with Crippen LogP contribution in [0.1, 0.15) is 30.1 Å². The molecule has 1 aromatic carbocycles. The van der Waals surface area contributed by atoms with Gasteiger partial charge in [-0.3, -0.25) is 0 Å². The number of rotatable bonds is 7. The topological polar surface area (TPSA) is 92.7 Å². The number of hydrogen-bond donors (Lipinski definition) is 2. The predicted octanol–water partition coefficient (Wildman–Crippen LogP) is 1.47. The van der Waals surface area contributed by atoms with Crippen molar-refractivity contribution in [3.8, 4) is 5.75 Å². The Morgan fingerprint density at radius 3 is 2.63 bits per heavy atom. The van der Waals surface area contributed by atoms with E-state index in [0.717, 1.165) is 12.8 Å². The average molecular weight is 287 g/mol. The summed E-state index contributed by atoms with van der Waals surface area (Å²) in [4.78, 5) is 10.8. The zero-order chi connectivity index (χ0) is 14.5. The van der Waals surface area contributed by atoms with E-state index in [1.54, 1.807) is 0 Å². The maximum Gasteiger partial charge on any atom is 0.335 e. The molecule has 6 nitrogen and oxygen atoms in total. The van der Waals surface area contributed by atoms with E-state index in [1.165, 1.54) is 25.3 Å². The van der Waals surface area contributed by atoms with Crippen molar-refractivity contribution in [3.63, 3.8) is 0 Å². The van der Waals surface area contributed by atoms with Crippen LogP contribution in [0.5, 0.6) is 5.75 Å². The largest absolute Gasteiger partial charge is 0.495 e. The minimum absolute atomic E-state index is 0.0175. The van der Waals surface area contributed by atoms with Crippen LogP contribution in [-0.4, -0.2) is 33.1 Å². The number of carboxylic acids is 1. The second-order valence-electron chi connectivity index (χ2n) is 3.92. The van der Waals surface area contributed by atoms with Crippen molar-refractivity contribution in [1.29, 1.82) is 0 Å². The number of unbranched alkanes of at least 4 members (excludes halogenated alkanes) is 1. The number of carbonyl (C=O) groups is 1. The molecule has 106 valence electrons. The third kappa shape index (κ3) is 3.93. The maximum absolute atomic E-state index is 12.0. The second kappa shape index (κ2) is 6.53. The molecule has 0 fully saturated rings. The van der Waals surface area contributed by atoms with Gasteiger partial charge in [-0.25, -0.2) is 17.9 Å². The molecule has 0 heterocycles. The normalized spacial score (nSPS) is 11.3. The Kier molecular flexibility index (Phi) is 5.31. The summed E-state index contributed by atoms with van der Waals surface area (Å²) < 4.78 is 31.4. The smallest absolute Gasteiger partial charge is 0.335 e. The lowest BCUT2D eigenvalue weighted by Gasteiger charge is -2.11. The lowest BCUT2D eigenvalue weighted by molar-refractivity contribution is 0.0696. The molecule has 0 aliphatic heterocycles. The van der Waals surface area contributed by atoms with E-state index in [0.29, 0.717) is 6.54 Å². The van der Waals surface area contributed by atoms with Gasteiger partial charge in [0.2, 0.25) is 10.0 Å². The number of nitrogens with one attached hydrogen (secondary N) is 1. The van der Waals surface area contributed by atoms with Crippen LogP contribution >= 0.6 is 0 Å². The third-order valence-electron chi connectivity index (χ3n) is 2.52. The number of hydrogen-bond acceptors (Lipinski definition) is 4. The molecule has 19 heavy (non-hydrogen) atoms. The van der Waals surface area contributed by atoms with Crippen molar-refractivity contribution in [2.45, 2.75) is 24.7 Å². The molecule has 0 aliphatic carbocycles. The lowest BCUT2D eigenvalue weighted by Crippen LogP contribution is -2.25. The molecule has 0 unspecified atom stereocenters. The maximum atomic E-state index is 12.0. The van der Waals surface area contributed by atoms with Crippen molar-refractivity contribution in [2.75, 3.05) is 13.7 Å². The Morgan fingerprint density at radius 1 is 1.42 bits per heavy atom. The minimum atomic E-state index is -3.69. The minimum Gasteiger partial charge on any atom is -0.495 e. The van der Waals surface area contributed by atoms with Crippen molar-refractivity contribution >= 4 is 16.0 Å². The summed E-state index contributed by atoms with van der Waals surface area (Å²) in [5.41, 5.74) is -0.0237. The molecular weight excluding hydrogens is 270 g/mol. The van der Waals surface area contributed by atoms with Crippen molar-refractivity contribution in [2.24, 2.45) is 0 Å². The zero-order valence-electron chi connectivity index (χ0n) is 10.8. The van der Waals surface area contributed by atoms with E-state index in [1.807, 2.05) is 6.92 Å². The van der Waals surface area contributed by atoms with Gasteiger partial charge in [-0.1, -0.05) is 13.3 Å². The first-order valence-electron chi connectivity index (χ1n) is 5.83. The highest BCUT2D eigenvalue weighted by Gasteiger charge is 2.20. The number of ether oxygens (including phenoxy) is 1. The Labute approximate surface area is 112 Å². The third-order valence-corrected chi connectivity index (χ3v) is 4.02. The fraction of sp³-hybridized carbons (Fsp3) is 0.417. The van der Waals surface area contributed by atoms with Gasteiger partial charge in [0.1, 0.15) is 10.6 Å². The van der Waals surface area contributed by atoms with Gasteiger partial charge in [-0.15, -0.1) is 0 Å². The van der Waals surface area contributed by atoms with Crippen molar-refractivity contribution in [1.82, 2.24) is 4.72 Å². The summed E-state index contributed by atoms with van der Waals surface area (Å²) in [7, 11) is -2.39. The monoisotopic (exact) mass is 287 g/mol. The Bertz CT molecular complexity index is 553. The number of methoxy groups -OCH3 is 1. The number of carboxylic acid groups (broad SMARTS) is 1. The molecule has 0 bridgehead atoms. The van der Waals surface area contributed by atoms with Gasteiger partial charge < -0.3 is 9.84 Å². The number of benzene rings is 1. The van der Waals surface area contributed by atoms with E-state index in [-0.39, 0.29) is 16.2 Å². The summed E-state index contributed by atoms with van der Waals surface area (Å²) in [6.07, 6.45) is 1.60. The van der Waals surface area contributed by atoms with Gasteiger partial charge in [0.25, 0.3) is 0 Å². The van der Waals surface area contributed by atoms with Crippen LogP contribution in [0.25, 0.3) is 0 Å². The predicted molar refractivity (Wildman–Crippen MR) is 70.0 cm³/mol. The van der Waals surface area contributed by atoms with Gasteiger partial charge >= 0.3 is 5.97 Å². The molecule has 0 aromatic heterocycles. The molecule has 0 radical (unpaired) electrons. The molecule has 0 aliphatic rings. The standard InChI is InChI=1S/C12H17NO5S/c1-3-4-7-13-19(16,17)11-6-5-9(12(14)15)8-10(11)18-2/h5-6,8,13H,3-4,7H2,1-2H3,(H,14,15). The molecule has 7 heteroatoms. The summed E-state index contributed by atoms with van der Waals surface area (Å²) in [6.45, 7) is 2.29. The Morgan fingerprint density at radius 2 is 2.11 bits per heavy atom. The first kappa shape index (κ1) is 15.5. The van der Waals surface area contributed by atoms with Gasteiger partial charge in [-0.05, 0) is 24.6 Å². The summed E-state index contributed by atoms with van der Waals surface area (Å²) in [6, 6.07) is 3.66. The van der Waals surface area contributed by atoms with Crippen LogP contribution in [0, 0.1) is 0 Å². The Hall–Kier alpha value is -1.60. The molecule has 0 saturated heterocycles. The van der Waals surface area contributed by atoms with Crippen LogP contribution in [-0.2, 0) is 10.0 Å². The zero-order valence-corrected chi connectivity index (χ0v) is 11.7. The van der Waals surface area contributed by atoms with E-state index in [2.05, 4.69) is 4.72 Å². The van der Waals surface area contributed by atoms with Crippen LogP contribution in [0.4, 0.5) is 0 Å². The average Bonchev–Trinajstić information content (AvgIpc) is 2.38. The van der Waals surface area contributed by atoms with Crippen LogP contribution in [0.3, 0.4) is 0 Å². The van der Waals surface area contributed by atoms with E-state index in [9.17, 15) is 13.2 Å². The molecule has 0 saturated carbocycles. The number of aromatic carboxylic acids is 1. The van der Waals surface area contributed by atoms with E-state index >= 15 is 0 Å². The van der Waals surface area contributed by atoms with Gasteiger partial charge in [-0.2, -0.15) is 0 Å². The first-order valence-corrected chi connectivity index (χ1v) is 7.31. The van der Waals surface area contributed by atoms with Crippen LogP contribution < -0.4 is 9.46 Å². The summed E-state index contributed by atoms with van der Waals surface area (Å²) >= 11 is 0. The highest BCUT2D eigenvalue weighted by Crippen LogP contribution is 2.24. The van der Waals surface area contributed by atoms with Crippen LogP contribution in [0.2, 0.25) is 0 Å². The van der Waals surface area contributed by atoms with E-state index in [4.69, 9.17) is 9.84 Å². The Balaban J connectivity index is 3.09. The number of sulfonamides is 1. The fourth-order valence-corrected chi connectivity index (χ4v) is 2.71. The molecule has 0 atom stereocenters. The fourth-order valence-electron chi connectivity index (χ4n) is 1.48. The molecule has 2 N–H and O–H groups in total. The molecule has 1 rings (SSSR count). The first-order chi connectivity index (χ1) is 8.92. The molecule has 0 amide bonds. The van der Waals surface area contributed by atoms with Gasteiger partial charge in [0, 0.05) is 6.54 Å². The summed E-state index contributed by atoms with van der Waals surface area (Å²) in [5.74, 6) is -1.12. The van der Waals surface area contributed by atoms with E-state index < -0.39 is 16.0 Å². The second-order valence-corrected chi connectivity index (χ2v) is 5.66. The van der Waals surface area contributed by atoms with Crippen LogP contribution in [0.15, 0.2) is 23.1 Å². The lowest BCUT2D eigenvalue weighted by atomic mass is 10.2. The molecular formula is C12H17NO5S. The highest BCUT2D eigenvalue weighted by molar-refractivity contribution is 7.89. The van der Waals surface area contributed by atoms with Gasteiger partial charge in [0.05, 0.1) is 12.7 Å². The van der Waals surface area contributed by atoms with Crippen molar-refractivity contribution < 1.29 is 23.1 Å². The SMILES string of the molecule is CCCCNS(=O)(=O)c1ccc(C(=O)O)cc1OC. The summed E-state index contributed by atoms with van der Waals surface area (Å²) in [5, 5.41) is 8.85. The van der Waals surface area contributed by atoms with Crippen molar-refractivity contribution in [3.05, 3.63) is 23.8 Å². The molecule has 1 aromatic rings. The highest BCUT2D eigenvalue weighted by atomic mass is 32.2. The van der Waals surface area contributed by atoms with Gasteiger partial charge in [0.15, 0.2) is 0 Å². The quantitative estimate of drug-likeness (QED) is 0.741.